The van der Waals surface area contributed by atoms with Crippen molar-refractivity contribution in [3.05, 3.63) is 35.4 Å². The third kappa shape index (κ3) is 4.87. The average Bonchev–Trinajstić information content (AvgIpc) is 2.37. The molecule has 4 N–H and O–H groups in total. The van der Waals surface area contributed by atoms with E-state index in [1.54, 1.807) is 12.1 Å². The summed E-state index contributed by atoms with van der Waals surface area (Å²) in [7, 11) is -4.02. The predicted molar refractivity (Wildman–Crippen MR) is 73.7 cm³/mol. The van der Waals surface area contributed by atoms with Crippen molar-refractivity contribution in [2.24, 2.45) is 11.5 Å². The Morgan fingerprint density at radius 1 is 1.14 bits per heavy atom. The minimum absolute atomic E-state index is 0.194. The van der Waals surface area contributed by atoms with Gasteiger partial charge in [0.15, 0.2) is 0 Å². The Morgan fingerprint density at radius 3 is 2.14 bits per heavy atom. The smallest absolute Gasteiger partial charge is 0.232 e. The molecule has 0 saturated carbocycles. The minimum Gasteiger partial charge on any atom is -0.369 e. The van der Waals surface area contributed by atoms with E-state index in [2.05, 4.69) is 0 Å². The van der Waals surface area contributed by atoms with Crippen molar-refractivity contribution in [1.29, 1.82) is 5.26 Å². The van der Waals surface area contributed by atoms with E-state index in [1.165, 1.54) is 12.1 Å². The molecule has 0 spiro atoms. The maximum Gasteiger partial charge on any atom is 0.232 e. The van der Waals surface area contributed by atoms with Gasteiger partial charge in [-0.05, 0) is 11.6 Å². The van der Waals surface area contributed by atoms with Crippen LogP contribution in [0.2, 0.25) is 0 Å². The lowest BCUT2D eigenvalue weighted by Crippen LogP contribution is -2.43. The lowest BCUT2D eigenvalue weighted by atomic mass is 10.1. The number of nitrogens with zero attached hydrogens (tertiary/aromatic N) is 2. The van der Waals surface area contributed by atoms with Gasteiger partial charge in [0.1, 0.15) is 0 Å². The Bertz CT molecular complexity index is 677. The third-order valence-electron chi connectivity index (χ3n) is 2.53. The predicted octanol–water partition coefficient (Wildman–Crippen LogP) is -1.34. The van der Waals surface area contributed by atoms with Gasteiger partial charge in [0.05, 0.1) is 30.5 Å². The van der Waals surface area contributed by atoms with Crippen molar-refractivity contribution < 1.29 is 18.0 Å². The Kier molecular flexibility index (Phi) is 5.40. The second-order valence-electron chi connectivity index (χ2n) is 4.23. The van der Waals surface area contributed by atoms with Crippen molar-refractivity contribution in [2.45, 2.75) is 5.75 Å². The molecule has 112 valence electrons. The van der Waals surface area contributed by atoms with Gasteiger partial charge in [-0.25, -0.2) is 8.42 Å². The van der Waals surface area contributed by atoms with Crippen molar-refractivity contribution >= 4 is 21.8 Å². The van der Waals surface area contributed by atoms with Crippen molar-refractivity contribution in [3.63, 3.8) is 0 Å². The first-order valence-electron chi connectivity index (χ1n) is 5.78. The van der Waals surface area contributed by atoms with Crippen LogP contribution in [-0.4, -0.2) is 37.6 Å². The highest BCUT2D eigenvalue weighted by Gasteiger charge is 2.26. The number of hydrogen-bond donors (Lipinski definition) is 2. The summed E-state index contributed by atoms with van der Waals surface area (Å²) in [6, 6.07) is 8.00. The van der Waals surface area contributed by atoms with E-state index >= 15 is 0 Å². The molecule has 0 atom stereocenters. The van der Waals surface area contributed by atoms with Gasteiger partial charge in [-0.15, -0.1) is 0 Å². The van der Waals surface area contributed by atoms with E-state index in [9.17, 15) is 18.0 Å². The monoisotopic (exact) mass is 310 g/mol. The molecular formula is C12H14N4O4S. The van der Waals surface area contributed by atoms with Crippen LogP contribution in [0.4, 0.5) is 0 Å². The maximum absolute atomic E-state index is 12.2. The van der Waals surface area contributed by atoms with Crippen LogP contribution in [0.5, 0.6) is 0 Å². The van der Waals surface area contributed by atoms with Gasteiger partial charge in [0, 0.05) is 0 Å². The summed E-state index contributed by atoms with van der Waals surface area (Å²) in [5.74, 6) is -2.35. The molecule has 8 nitrogen and oxygen atoms in total. The maximum atomic E-state index is 12.2. The summed E-state index contributed by atoms with van der Waals surface area (Å²) < 4.78 is 25.1. The van der Waals surface area contributed by atoms with Gasteiger partial charge in [-0.1, -0.05) is 18.2 Å². The normalized spacial score (nSPS) is 11.0. The molecule has 1 rings (SSSR count). The quantitative estimate of drug-likeness (QED) is 0.639. The topological polar surface area (TPSA) is 147 Å². The molecule has 0 radical (unpaired) electrons. The number of primary amides is 2. The number of benzene rings is 1. The number of carbonyl (C=O) groups is 2. The summed E-state index contributed by atoms with van der Waals surface area (Å²) in [6.07, 6.45) is 0. The third-order valence-corrected chi connectivity index (χ3v) is 4.25. The lowest BCUT2D eigenvalue weighted by molar-refractivity contribution is -0.120. The van der Waals surface area contributed by atoms with Crippen LogP contribution in [0.1, 0.15) is 11.1 Å². The molecular weight excluding hydrogens is 296 g/mol. The molecule has 0 fully saturated rings. The number of hydrogen-bond acceptors (Lipinski definition) is 5. The van der Waals surface area contributed by atoms with E-state index in [-0.39, 0.29) is 11.1 Å². The molecule has 0 aliphatic heterocycles. The summed E-state index contributed by atoms with van der Waals surface area (Å²) in [4.78, 5) is 21.9. The van der Waals surface area contributed by atoms with Crippen molar-refractivity contribution in [3.8, 4) is 6.07 Å². The fourth-order valence-corrected chi connectivity index (χ4v) is 3.12. The number of rotatable bonds is 7. The Labute approximate surface area is 122 Å². The number of nitriles is 1. The summed E-state index contributed by atoms with van der Waals surface area (Å²) in [6.45, 7) is -1.31. The fraction of sp³-hybridized carbons (Fsp3) is 0.250. The van der Waals surface area contributed by atoms with Crippen molar-refractivity contribution in [1.82, 2.24) is 4.31 Å². The lowest BCUT2D eigenvalue weighted by Gasteiger charge is -2.19. The van der Waals surface area contributed by atoms with E-state index in [0.717, 1.165) is 0 Å². The average molecular weight is 310 g/mol. The van der Waals surface area contributed by atoms with Crippen LogP contribution in [0.15, 0.2) is 24.3 Å². The highest BCUT2D eigenvalue weighted by molar-refractivity contribution is 7.88. The number of nitrogens with two attached hydrogens (primary N) is 2. The molecule has 0 aliphatic rings. The first-order chi connectivity index (χ1) is 9.76. The molecule has 0 heterocycles. The zero-order valence-corrected chi connectivity index (χ0v) is 11.8. The number of sulfonamides is 1. The second-order valence-corrected chi connectivity index (χ2v) is 6.19. The first-order valence-corrected chi connectivity index (χ1v) is 7.39. The molecule has 21 heavy (non-hydrogen) atoms. The Hall–Kier alpha value is -2.44. The Balaban J connectivity index is 3.09. The van der Waals surface area contributed by atoms with Crippen LogP contribution in [0.3, 0.4) is 0 Å². The molecule has 9 heteroatoms. The van der Waals surface area contributed by atoms with Gasteiger partial charge < -0.3 is 11.5 Å². The second kappa shape index (κ2) is 6.83. The van der Waals surface area contributed by atoms with Gasteiger partial charge >= 0.3 is 0 Å². The molecule has 1 aromatic carbocycles. The van der Waals surface area contributed by atoms with Crippen LogP contribution < -0.4 is 11.5 Å². The fourth-order valence-electron chi connectivity index (χ4n) is 1.64. The van der Waals surface area contributed by atoms with Crippen LogP contribution in [0.25, 0.3) is 0 Å². The largest absolute Gasteiger partial charge is 0.369 e. The zero-order chi connectivity index (χ0) is 16.0. The van der Waals surface area contributed by atoms with Crippen molar-refractivity contribution in [2.75, 3.05) is 13.1 Å². The van der Waals surface area contributed by atoms with Crippen LogP contribution >= 0.6 is 0 Å². The van der Waals surface area contributed by atoms with Crippen LogP contribution in [-0.2, 0) is 25.4 Å². The van der Waals surface area contributed by atoms with E-state index in [0.29, 0.717) is 4.31 Å². The highest BCUT2D eigenvalue weighted by Crippen LogP contribution is 2.14. The summed E-state index contributed by atoms with van der Waals surface area (Å²) in [5, 5.41) is 8.94. The standard InChI is InChI=1S/C12H14N4O4S/c13-5-9-3-1-2-4-10(9)8-21(19,20)16(6-11(14)17)7-12(15)18/h1-4H,6-8H2,(H2,14,17)(H2,15,18). The highest BCUT2D eigenvalue weighted by atomic mass is 32.2. The molecule has 0 unspecified atom stereocenters. The number of carbonyl (C=O) groups excluding carboxylic acids is 2. The van der Waals surface area contributed by atoms with E-state index in [1.807, 2.05) is 6.07 Å². The van der Waals surface area contributed by atoms with Gasteiger partial charge in [0.25, 0.3) is 0 Å². The van der Waals surface area contributed by atoms with Gasteiger partial charge in [-0.2, -0.15) is 9.57 Å². The number of amides is 2. The minimum atomic E-state index is -4.02. The zero-order valence-electron chi connectivity index (χ0n) is 11.0. The van der Waals surface area contributed by atoms with E-state index in [4.69, 9.17) is 16.7 Å². The van der Waals surface area contributed by atoms with E-state index < -0.39 is 40.7 Å². The molecule has 0 aromatic heterocycles. The summed E-state index contributed by atoms with van der Waals surface area (Å²) in [5.41, 5.74) is 10.4. The molecule has 0 aliphatic carbocycles. The Morgan fingerprint density at radius 2 is 1.67 bits per heavy atom. The molecule has 1 aromatic rings. The SMILES string of the molecule is N#Cc1ccccc1CS(=O)(=O)N(CC(N)=O)CC(N)=O. The molecule has 0 saturated heterocycles. The first kappa shape index (κ1) is 16.6. The molecule has 2 amide bonds. The summed E-state index contributed by atoms with van der Waals surface area (Å²) >= 11 is 0. The van der Waals surface area contributed by atoms with Gasteiger partial charge in [-0.3, -0.25) is 9.59 Å². The van der Waals surface area contributed by atoms with Gasteiger partial charge in [0.2, 0.25) is 21.8 Å². The van der Waals surface area contributed by atoms with Crippen LogP contribution in [0, 0.1) is 11.3 Å². The molecule has 0 bridgehead atoms.